The molecule has 0 aliphatic heterocycles. The van der Waals surface area contributed by atoms with Gasteiger partial charge in [-0.15, -0.1) is 0 Å². The Morgan fingerprint density at radius 3 is 3.12 bits per heavy atom. The molecule has 4 heteroatoms. The van der Waals surface area contributed by atoms with Gasteiger partial charge in [0.1, 0.15) is 6.07 Å². The maximum Gasteiger partial charge on any atom is 0.163 e. The number of hydrogen-bond acceptors (Lipinski definition) is 4. The van der Waals surface area contributed by atoms with Crippen LogP contribution >= 0.6 is 0 Å². The van der Waals surface area contributed by atoms with Crippen molar-refractivity contribution in [3.63, 3.8) is 0 Å². The molecule has 0 atom stereocenters. The van der Waals surface area contributed by atoms with Crippen molar-refractivity contribution in [3.05, 3.63) is 24.0 Å². The van der Waals surface area contributed by atoms with Crippen LogP contribution in [0.25, 0.3) is 0 Å². The number of nitrogens with zero attached hydrogens (tertiary/aromatic N) is 2. The van der Waals surface area contributed by atoms with Gasteiger partial charge >= 0.3 is 0 Å². The number of nitriles is 1. The number of pyridine rings is 1. The SMILES string of the molecule is CCOC1CC(Nc2cccnc2C#N)C1. The van der Waals surface area contributed by atoms with Crippen molar-refractivity contribution >= 4 is 5.69 Å². The molecule has 1 aromatic heterocycles. The van der Waals surface area contributed by atoms with Crippen LogP contribution in [0.4, 0.5) is 5.69 Å². The fraction of sp³-hybridized carbons (Fsp3) is 0.500. The Balaban J connectivity index is 1.89. The molecule has 0 aromatic carbocycles. The van der Waals surface area contributed by atoms with E-state index < -0.39 is 0 Å². The highest BCUT2D eigenvalue weighted by molar-refractivity contribution is 5.54. The molecule has 1 aliphatic carbocycles. The number of ether oxygens (including phenoxy) is 1. The molecular formula is C12H15N3O. The lowest BCUT2D eigenvalue weighted by molar-refractivity contribution is 0.00298. The Labute approximate surface area is 95.3 Å². The second kappa shape index (κ2) is 4.95. The Hall–Kier alpha value is -1.60. The van der Waals surface area contributed by atoms with Crippen LogP contribution < -0.4 is 5.32 Å². The van der Waals surface area contributed by atoms with E-state index in [1.165, 1.54) is 0 Å². The third-order valence-corrected chi connectivity index (χ3v) is 2.77. The highest BCUT2D eigenvalue weighted by Gasteiger charge is 2.29. The average Bonchev–Trinajstić information content (AvgIpc) is 2.27. The molecular weight excluding hydrogens is 202 g/mol. The molecule has 0 spiro atoms. The van der Waals surface area contributed by atoms with Crippen LogP contribution in [0.2, 0.25) is 0 Å². The third kappa shape index (κ3) is 2.31. The second-order valence-electron chi connectivity index (χ2n) is 3.90. The van der Waals surface area contributed by atoms with Gasteiger partial charge in [-0.05, 0) is 31.9 Å². The summed E-state index contributed by atoms with van der Waals surface area (Å²) in [6.45, 7) is 2.78. The van der Waals surface area contributed by atoms with Crippen molar-refractivity contribution in [3.8, 4) is 6.07 Å². The molecule has 16 heavy (non-hydrogen) atoms. The zero-order valence-corrected chi connectivity index (χ0v) is 9.31. The molecule has 2 rings (SSSR count). The summed E-state index contributed by atoms with van der Waals surface area (Å²) in [5.74, 6) is 0. The van der Waals surface area contributed by atoms with Gasteiger partial charge in [0.05, 0.1) is 11.8 Å². The van der Waals surface area contributed by atoms with Gasteiger partial charge in [-0.3, -0.25) is 0 Å². The lowest BCUT2D eigenvalue weighted by atomic mass is 9.89. The molecule has 1 saturated carbocycles. The number of hydrogen-bond donors (Lipinski definition) is 1. The summed E-state index contributed by atoms with van der Waals surface area (Å²) in [5, 5.41) is 12.2. The van der Waals surface area contributed by atoms with Crippen molar-refractivity contribution in [2.45, 2.75) is 31.9 Å². The molecule has 1 heterocycles. The monoisotopic (exact) mass is 217 g/mol. The summed E-state index contributed by atoms with van der Waals surface area (Å²) in [6, 6.07) is 6.21. The molecule has 1 fully saturated rings. The zero-order chi connectivity index (χ0) is 11.4. The topological polar surface area (TPSA) is 57.9 Å². The molecule has 0 amide bonds. The van der Waals surface area contributed by atoms with Gasteiger partial charge in [-0.2, -0.15) is 5.26 Å². The molecule has 0 saturated heterocycles. The maximum atomic E-state index is 8.88. The lowest BCUT2D eigenvalue weighted by Gasteiger charge is -2.36. The first-order valence-corrected chi connectivity index (χ1v) is 5.56. The highest BCUT2D eigenvalue weighted by atomic mass is 16.5. The molecule has 0 radical (unpaired) electrons. The Bertz CT molecular complexity index is 393. The van der Waals surface area contributed by atoms with E-state index in [1.54, 1.807) is 6.20 Å². The molecule has 4 nitrogen and oxygen atoms in total. The summed E-state index contributed by atoms with van der Waals surface area (Å²) < 4.78 is 5.48. The average molecular weight is 217 g/mol. The van der Waals surface area contributed by atoms with Gasteiger partial charge in [-0.1, -0.05) is 0 Å². The minimum Gasteiger partial charge on any atom is -0.380 e. The van der Waals surface area contributed by atoms with Crippen LogP contribution in [0.1, 0.15) is 25.5 Å². The quantitative estimate of drug-likeness (QED) is 0.837. The summed E-state index contributed by atoms with van der Waals surface area (Å²) >= 11 is 0. The maximum absolute atomic E-state index is 8.88. The van der Waals surface area contributed by atoms with Gasteiger partial charge in [0.2, 0.25) is 0 Å². The fourth-order valence-corrected chi connectivity index (χ4v) is 1.89. The second-order valence-corrected chi connectivity index (χ2v) is 3.90. The normalized spacial score (nSPS) is 23.2. The minimum atomic E-state index is 0.379. The Morgan fingerprint density at radius 1 is 1.62 bits per heavy atom. The highest BCUT2D eigenvalue weighted by Crippen LogP contribution is 2.27. The van der Waals surface area contributed by atoms with Crippen molar-refractivity contribution in [2.24, 2.45) is 0 Å². The summed E-state index contributed by atoms with van der Waals surface area (Å²) in [5.41, 5.74) is 1.28. The third-order valence-electron chi connectivity index (χ3n) is 2.77. The van der Waals surface area contributed by atoms with Crippen LogP contribution in [0, 0.1) is 11.3 Å². The van der Waals surface area contributed by atoms with Crippen molar-refractivity contribution in [1.29, 1.82) is 5.26 Å². The fourth-order valence-electron chi connectivity index (χ4n) is 1.89. The Morgan fingerprint density at radius 2 is 2.44 bits per heavy atom. The number of rotatable bonds is 4. The van der Waals surface area contributed by atoms with Crippen LogP contribution in [-0.2, 0) is 4.74 Å². The molecule has 0 unspecified atom stereocenters. The predicted molar refractivity (Wildman–Crippen MR) is 61.0 cm³/mol. The lowest BCUT2D eigenvalue weighted by Crippen LogP contribution is -2.41. The van der Waals surface area contributed by atoms with Crippen molar-refractivity contribution < 1.29 is 4.74 Å². The van der Waals surface area contributed by atoms with E-state index in [9.17, 15) is 0 Å². The Kier molecular flexibility index (Phi) is 3.37. The van der Waals surface area contributed by atoms with E-state index in [2.05, 4.69) is 16.4 Å². The van der Waals surface area contributed by atoms with E-state index in [4.69, 9.17) is 10.00 Å². The van der Waals surface area contributed by atoms with Gasteiger partial charge in [-0.25, -0.2) is 4.98 Å². The summed E-state index contributed by atoms with van der Waals surface area (Å²) in [4.78, 5) is 4.01. The minimum absolute atomic E-state index is 0.379. The largest absolute Gasteiger partial charge is 0.380 e. The zero-order valence-electron chi connectivity index (χ0n) is 9.31. The molecule has 0 bridgehead atoms. The number of nitrogens with one attached hydrogen (secondary N) is 1. The molecule has 1 N–H and O–H groups in total. The molecule has 1 aromatic rings. The molecule has 84 valence electrons. The van der Waals surface area contributed by atoms with Gasteiger partial charge in [0.25, 0.3) is 0 Å². The van der Waals surface area contributed by atoms with E-state index in [0.717, 1.165) is 25.1 Å². The van der Waals surface area contributed by atoms with Crippen molar-refractivity contribution in [2.75, 3.05) is 11.9 Å². The van der Waals surface area contributed by atoms with Gasteiger partial charge in [0, 0.05) is 18.8 Å². The van der Waals surface area contributed by atoms with Crippen LogP contribution in [0.5, 0.6) is 0 Å². The van der Waals surface area contributed by atoms with E-state index in [0.29, 0.717) is 17.8 Å². The van der Waals surface area contributed by atoms with Gasteiger partial charge in [0.15, 0.2) is 5.69 Å². The smallest absolute Gasteiger partial charge is 0.163 e. The number of aromatic nitrogens is 1. The van der Waals surface area contributed by atoms with Gasteiger partial charge < -0.3 is 10.1 Å². The molecule has 1 aliphatic rings. The van der Waals surface area contributed by atoms with Crippen molar-refractivity contribution in [1.82, 2.24) is 4.98 Å². The van der Waals surface area contributed by atoms with Crippen LogP contribution in [-0.4, -0.2) is 23.7 Å². The van der Waals surface area contributed by atoms with Crippen LogP contribution in [0.15, 0.2) is 18.3 Å². The first-order chi connectivity index (χ1) is 7.83. The van der Waals surface area contributed by atoms with E-state index in [1.807, 2.05) is 19.1 Å². The summed E-state index contributed by atoms with van der Waals surface area (Å²) in [7, 11) is 0. The van der Waals surface area contributed by atoms with Crippen LogP contribution in [0.3, 0.4) is 0 Å². The standard InChI is InChI=1S/C12H15N3O/c1-2-16-10-6-9(7-10)15-11-4-3-5-14-12(11)8-13/h3-5,9-10,15H,2,6-7H2,1H3. The number of anilines is 1. The van der Waals surface area contributed by atoms with E-state index >= 15 is 0 Å². The predicted octanol–water partition coefficient (Wildman–Crippen LogP) is 1.93. The first kappa shape index (κ1) is 10.9. The van der Waals surface area contributed by atoms with E-state index in [-0.39, 0.29) is 0 Å². The summed E-state index contributed by atoms with van der Waals surface area (Å²) in [6.07, 6.45) is 4.03. The first-order valence-electron chi connectivity index (χ1n) is 5.56.